The molecule has 2 amide bonds. The number of carbonyl (C=O) groups is 3. The summed E-state index contributed by atoms with van der Waals surface area (Å²) in [4.78, 5) is 41.2. The summed E-state index contributed by atoms with van der Waals surface area (Å²) < 4.78 is 0. The van der Waals surface area contributed by atoms with Crippen LogP contribution in [-0.2, 0) is 21.0 Å². The van der Waals surface area contributed by atoms with Crippen LogP contribution in [-0.4, -0.2) is 53.5 Å². The third kappa shape index (κ3) is 5.32. The van der Waals surface area contributed by atoms with E-state index in [1.807, 2.05) is 30.3 Å². The quantitative estimate of drug-likeness (QED) is 0.628. The van der Waals surface area contributed by atoms with Gasteiger partial charge in [-0.25, -0.2) is 10.3 Å². The SMILES string of the molecule is O=C(CCC(=O)[C@@H]1CNCCN1C(=O)O)NOCc1ccccc1. The van der Waals surface area contributed by atoms with Gasteiger partial charge in [0.1, 0.15) is 6.04 Å². The Bertz CT molecular complexity index is 578. The normalized spacial score (nSPS) is 17.3. The third-order valence-electron chi connectivity index (χ3n) is 3.73. The predicted octanol–water partition coefficient (Wildman–Crippen LogP) is 0.536. The Balaban J connectivity index is 1.70. The summed E-state index contributed by atoms with van der Waals surface area (Å²) in [5, 5.41) is 12.1. The molecule has 3 N–H and O–H groups in total. The van der Waals surface area contributed by atoms with Crippen molar-refractivity contribution in [2.75, 3.05) is 19.6 Å². The molecule has 0 spiro atoms. The molecule has 1 aliphatic rings. The van der Waals surface area contributed by atoms with Crippen LogP contribution in [0.3, 0.4) is 0 Å². The zero-order valence-corrected chi connectivity index (χ0v) is 13.2. The average Bonchev–Trinajstić information content (AvgIpc) is 2.60. The zero-order chi connectivity index (χ0) is 17.4. The molecule has 0 unspecified atom stereocenters. The first-order valence-corrected chi connectivity index (χ1v) is 7.75. The number of nitrogens with zero attached hydrogens (tertiary/aromatic N) is 1. The lowest BCUT2D eigenvalue weighted by Crippen LogP contribution is -2.56. The van der Waals surface area contributed by atoms with E-state index in [4.69, 9.17) is 9.94 Å². The molecule has 8 heteroatoms. The minimum absolute atomic E-state index is 0.0311. The van der Waals surface area contributed by atoms with Crippen LogP contribution in [0.25, 0.3) is 0 Å². The van der Waals surface area contributed by atoms with Gasteiger partial charge in [0.15, 0.2) is 5.78 Å². The standard InChI is InChI=1S/C16H21N3O5/c20-14(13-10-17-8-9-19(13)16(22)23)6-7-15(21)18-24-11-12-4-2-1-3-5-12/h1-5,13,17H,6-11H2,(H,18,21)(H,22,23)/t13-/m0/s1. The fraction of sp³-hybridized carbons (Fsp3) is 0.438. The molecule has 130 valence electrons. The molecule has 1 aromatic rings. The number of amides is 2. The van der Waals surface area contributed by atoms with Crippen LogP contribution in [0.15, 0.2) is 30.3 Å². The van der Waals surface area contributed by atoms with E-state index in [1.54, 1.807) is 0 Å². The maximum atomic E-state index is 12.1. The number of carboxylic acid groups (broad SMARTS) is 1. The van der Waals surface area contributed by atoms with Crippen molar-refractivity contribution in [3.63, 3.8) is 0 Å². The van der Waals surface area contributed by atoms with Gasteiger partial charge < -0.3 is 10.4 Å². The topological polar surface area (TPSA) is 108 Å². The number of hydrogen-bond donors (Lipinski definition) is 3. The monoisotopic (exact) mass is 335 g/mol. The minimum Gasteiger partial charge on any atom is -0.465 e. The number of hydroxylamine groups is 1. The smallest absolute Gasteiger partial charge is 0.408 e. The van der Waals surface area contributed by atoms with Crippen LogP contribution in [0.5, 0.6) is 0 Å². The summed E-state index contributed by atoms with van der Waals surface area (Å²) in [6.45, 7) is 1.29. The molecule has 1 saturated heterocycles. The number of Topliss-reactive ketones (excluding diaryl/α,β-unsaturated/α-hetero) is 1. The maximum Gasteiger partial charge on any atom is 0.408 e. The lowest BCUT2D eigenvalue weighted by atomic mass is 10.0. The third-order valence-corrected chi connectivity index (χ3v) is 3.73. The number of hydrogen-bond acceptors (Lipinski definition) is 5. The van der Waals surface area contributed by atoms with Crippen LogP contribution in [0.4, 0.5) is 4.79 Å². The Hall–Kier alpha value is -2.45. The molecule has 1 heterocycles. The molecule has 24 heavy (non-hydrogen) atoms. The molecule has 1 aliphatic heterocycles. The number of piperazine rings is 1. The van der Waals surface area contributed by atoms with Gasteiger partial charge >= 0.3 is 6.09 Å². The summed E-state index contributed by atoms with van der Waals surface area (Å²) in [5.74, 6) is -0.687. The Labute approximate surface area is 139 Å². The highest BCUT2D eigenvalue weighted by atomic mass is 16.6. The van der Waals surface area contributed by atoms with Crippen LogP contribution < -0.4 is 10.8 Å². The van der Waals surface area contributed by atoms with Gasteiger partial charge in [-0.3, -0.25) is 19.3 Å². The fourth-order valence-corrected chi connectivity index (χ4v) is 2.45. The molecular weight excluding hydrogens is 314 g/mol. The summed E-state index contributed by atoms with van der Waals surface area (Å²) in [5.41, 5.74) is 3.20. The summed E-state index contributed by atoms with van der Waals surface area (Å²) >= 11 is 0. The Morgan fingerprint density at radius 3 is 2.71 bits per heavy atom. The van der Waals surface area contributed by atoms with Gasteiger partial charge in [0, 0.05) is 32.5 Å². The van der Waals surface area contributed by atoms with Gasteiger partial charge in [0.25, 0.3) is 0 Å². The van der Waals surface area contributed by atoms with Crippen LogP contribution in [0.2, 0.25) is 0 Å². The van der Waals surface area contributed by atoms with Gasteiger partial charge in [0.05, 0.1) is 6.61 Å². The average molecular weight is 335 g/mol. The number of rotatable bonds is 7. The van der Waals surface area contributed by atoms with Crippen molar-refractivity contribution in [2.24, 2.45) is 0 Å². The van der Waals surface area contributed by atoms with Gasteiger partial charge in [-0.1, -0.05) is 30.3 Å². The van der Waals surface area contributed by atoms with Gasteiger partial charge in [0.2, 0.25) is 5.91 Å². The van der Waals surface area contributed by atoms with E-state index in [0.717, 1.165) is 10.5 Å². The first-order valence-electron chi connectivity index (χ1n) is 7.75. The van der Waals surface area contributed by atoms with Gasteiger partial charge in [-0.05, 0) is 5.56 Å². The van der Waals surface area contributed by atoms with E-state index in [0.29, 0.717) is 6.54 Å². The van der Waals surface area contributed by atoms with Crippen molar-refractivity contribution in [3.8, 4) is 0 Å². The highest BCUT2D eigenvalue weighted by Crippen LogP contribution is 2.08. The number of carbonyl (C=O) groups excluding carboxylic acids is 2. The molecule has 1 fully saturated rings. The van der Waals surface area contributed by atoms with Crippen LogP contribution in [0.1, 0.15) is 18.4 Å². The van der Waals surface area contributed by atoms with E-state index < -0.39 is 18.0 Å². The molecule has 0 aliphatic carbocycles. The molecule has 0 radical (unpaired) electrons. The second-order valence-corrected chi connectivity index (χ2v) is 5.46. The molecule has 0 saturated carbocycles. The minimum atomic E-state index is -1.12. The largest absolute Gasteiger partial charge is 0.465 e. The summed E-state index contributed by atoms with van der Waals surface area (Å²) in [7, 11) is 0. The highest BCUT2D eigenvalue weighted by molar-refractivity contribution is 5.90. The molecule has 8 nitrogen and oxygen atoms in total. The summed E-state index contributed by atoms with van der Waals surface area (Å²) in [6.07, 6.45) is -1.20. The van der Waals surface area contributed by atoms with E-state index >= 15 is 0 Å². The zero-order valence-electron chi connectivity index (χ0n) is 13.2. The van der Waals surface area contributed by atoms with Crippen LogP contribution >= 0.6 is 0 Å². The fourth-order valence-electron chi connectivity index (χ4n) is 2.45. The first-order chi connectivity index (χ1) is 11.6. The first kappa shape index (κ1) is 17.9. The van der Waals surface area contributed by atoms with Crippen molar-refractivity contribution >= 4 is 17.8 Å². The second kappa shape index (κ2) is 8.99. The van der Waals surface area contributed by atoms with Crippen molar-refractivity contribution < 1.29 is 24.3 Å². The number of benzene rings is 1. The lowest BCUT2D eigenvalue weighted by molar-refractivity contribution is -0.136. The van der Waals surface area contributed by atoms with E-state index in [-0.39, 0.29) is 38.3 Å². The molecular formula is C16H21N3O5. The van der Waals surface area contributed by atoms with Crippen LogP contribution in [0, 0.1) is 0 Å². The number of nitrogens with one attached hydrogen (secondary N) is 2. The van der Waals surface area contributed by atoms with Gasteiger partial charge in [-0.15, -0.1) is 0 Å². The van der Waals surface area contributed by atoms with Crippen molar-refractivity contribution in [2.45, 2.75) is 25.5 Å². The van der Waals surface area contributed by atoms with E-state index in [9.17, 15) is 14.4 Å². The Morgan fingerprint density at radius 1 is 1.25 bits per heavy atom. The Morgan fingerprint density at radius 2 is 2.00 bits per heavy atom. The summed E-state index contributed by atoms with van der Waals surface area (Å²) in [6, 6.07) is 8.61. The van der Waals surface area contributed by atoms with E-state index in [1.165, 1.54) is 0 Å². The second-order valence-electron chi connectivity index (χ2n) is 5.46. The van der Waals surface area contributed by atoms with Crippen molar-refractivity contribution in [1.82, 2.24) is 15.7 Å². The van der Waals surface area contributed by atoms with Crippen molar-refractivity contribution in [1.29, 1.82) is 0 Å². The molecule has 2 rings (SSSR count). The van der Waals surface area contributed by atoms with Gasteiger partial charge in [-0.2, -0.15) is 0 Å². The highest BCUT2D eigenvalue weighted by Gasteiger charge is 2.31. The molecule has 1 aromatic carbocycles. The maximum absolute atomic E-state index is 12.1. The molecule has 0 aromatic heterocycles. The molecule has 0 bridgehead atoms. The van der Waals surface area contributed by atoms with Crippen molar-refractivity contribution in [3.05, 3.63) is 35.9 Å². The predicted molar refractivity (Wildman–Crippen MR) is 85.0 cm³/mol. The Kier molecular flexibility index (Phi) is 6.71. The lowest BCUT2D eigenvalue weighted by Gasteiger charge is -2.32. The molecule has 1 atom stereocenters. The number of ketones is 1. The van der Waals surface area contributed by atoms with E-state index in [2.05, 4.69) is 10.8 Å².